The molecular weight excluding hydrogens is 283 g/mol. The number of rotatable bonds is 3. The summed E-state index contributed by atoms with van der Waals surface area (Å²) in [6, 6.07) is 3.63. The number of carbonyl (C=O) groups is 1. The van der Waals surface area contributed by atoms with Crippen LogP contribution in [0.5, 0.6) is 5.75 Å². The molecule has 0 amide bonds. The predicted molar refractivity (Wildman–Crippen MR) is 61.0 cm³/mol. The summed E-state index contributed by atoms with van der Waals surface area (Å²) >= 11 is 3.80. The van der Waals surface area contributed by atoms with Gasteiger partial charge in [0, 0.05) is 0 Å². The monoisotopic (exact) mass is 291 g/mol. The molecule has 0 radical (unpaired) electrons. The van der Waals surface area contributed by atoms with Crippen LogP contribution in [0.15, 0.2) is 17.0 Å². The average molecular weight is 291 g/mol. The molecule has 0 aliphatic carbocycles. The Kier molecular flexibility index (Phi) is 4.67. The largest absolute Gasteiger partial charge is 0.573 e. The lowest BCUT2D eigenvalue weighted by Crippen LogP contribution is -2.18. The fourth-order valence-corrected chi connectivity index (χ4v) is 1.61. The van der Waals surface area contributed by atoms with E-state index in [2.05, 4.69) is 22.1 Å². The molecule has 0 N–H and O–H groups in total. The maximum atomic E-state index is 12.1. The molecule has 8 heteroatoms. The Labute approximate surface area is 112 Å². The van der Waals surface area contributed by atoms with Crippen molar-refractivity contribution in [3.63, 3.8) is 0 Å². The van der Waals surface area contributed by atoms with Crippen LogP contribution in [0.2, 0.25) is 0 Å². The zero-order chi connectivity index (χ0) is 14.6. The molecule has 19 heavy (non-hydrogen) atoms. The molecule has 0 aromatic heterocycles. The van der Waals surface area contributed by atoms with Crippen LogP contribution in [-0.4, -0.2) is 18.9 Å². The Bertz CT molecular complexity index is 537. The Balaban J connectivity index is 3.31. The van der Waals surface area contributed by atoms with Crippen molar-refractivity contribution in [3.05, 3.63) is 23.3 Å². The normalized spacial score (nSPS) is 10.7. The summed E-state index contributed by atoms with van der Waals surface area (Å²) in [5, 5.41) is 8.83. The second-order valence-corrected chi connectivity index (χ2v) is 3.66. The van der Waals surface area contributed by atoms with Crippen LogP contribution in [0.25, 0.3) is 0 Å². The summed E-state index contributed by atoms with van der Waals surface area (Å²) in [5.74, 6) is -1.60. The smallest absolute Gasteiger partial charge is 0.462 e. The minimum atomic E-state index is -4.92. The number of halogens is 3. The highest BCUT2D eigenvalue weighted by molar-refractivity contribution is 7.80. The maximum Gasteiger partial charge on any atom is 0.573 e. The maximum absolute atomic E-state index is 12.1. The number of ether oxygens (including phenoxy) is 2. The summed E-state index contributed by atoms with van der Waals surface area (Å²) in [4.78, 5) is 11.2. The van der Waals surface area contributed by atoms with Gasteiger partial charge >= 0.3 is 12.3 Å². The third-order valence-electron chi connectivity index (χ3n) is 1.97. The van der Waals surface area contributed by atoms with Gasteiger partial charge in [-0.25, -0.2) is 4.79 Å². The Morgan fingerprint density at radius 3 is 2.58 bits per heavy atom. The van der Waals surface area contributed by atoms with Crippen molar-refractivity contribution in [2.45, 2.75) is 18.2 Å². The molecule has 0 heterocycles. The molecule has 1 rings (SSSR count). The van der Waals surface area contributed by atoms with Gasteiger partial charge in [-0.1, -0.05) is 0 Å². The zero-order valence-corrected chi connectivity index (χ0v) is 10.5. The summed E-state index contributed by atoms with van der Waals surface area (Å²) in [7, 11) is 0. The molecule has 0 atom stereocenters. The highest BCUT2D eigenvalue weighted by Gasteiger charge is 2.33. The lowest BCUT2D eigenvalue weighted by molar-refractivity contribution is -0.275. The summed E-state index contributed by atoms with van der Waals surface area (Å²) in [6.07, 6.45) is -4.92. The van der Waals surface area contributed by atoms with Crippen molar-refractivity contribution in [2.75, 3.05) is 6.61 Å². The van der Waals surface area contributed by atoms with E-state index in [1.807, 2.05) is 0 Å². The molecule has 0 unspecified atom stereocenters. The molecule has 0 aliphatic rings. The molecule has 0 bridgehead atoms. The minimum absolute atomic E-state index is 0.0152. The van der Waals surface area contributed by atoms with Gasteiger partial charge in [-0.15, -0.1) is 25.8 Å². The van der Waals surface area contributed by atoms with Crippen molar-refractivity contribution < 1.29 is 27.4 Å². The van der Waals surface area contributed by atoms with Gasteiger partial charge in [-0.2, -0.15) is 5.26 Å². The lowest BCUT2D eigenvalue weighted by Gasteiger charge is -2.14. The Morgan fingerprint density at radius 1 is 1.47 bits per heavy atom. The third kappa shape index (κ3) is 3.79. The minimum Gasteiger partial charge on any atom is -0.462 e. The van der Waals surface area contributed by atoms with Gasteiger partial charge in [0.1, 0.15) is 11.8 Å². The summed E-state index contributed by atoms with van der Waals surface area (Å²) in [5.41, 5.74) is -0.493. The number of nitriles is 1. The van der Waals surface area contributed by atoms with E-state index in [1.165, 1.54) is 6.92 Å². The van der Waals surface area contributed by atoms with Gasteiger partial charge < -0.3 is 9.47 Å². The first-order valence-corrected chi connectivity index (χ1v) is 5.43. The highest BCUT2D eigenvalue weighted by atomic mass is 32.1. The quantitative estimate of drug-likeness (QED) is 0.687. The zero-order valence-electron chi connectivity index (χ0n) is 9.61. The number of nitrogens with zero attached hydrogens (tertiary/aromatic N) is 1. The van der Waals surface area contributed by atoms with Crippen LogP contribution < -0.4 is 4.74 Å². The molecule has 0 aliphatic heterocycles. The van der Waals surface area contributed by atoms with Gasteiger partial charge in [0.2, 0.25) is 0 Å². The van der Waals surface area contributed by atoms with Crippen LogP contribution in [0, 0.1) is 11.3 Å². The Hall–Kier alpha value is -1.88. The number of alkyl halides is 3. The van der Waals surface area contributed by atoms with Crippen molar-refractivity contribution in [1.82, 2.24) is 0 Å². The lowest BCUT2D eigenvalue weighted by atomic mass is 10.1. The Morgan fingerprint density at radius 2 is 2.11 bits per heavy atom. The van der Waals surface area contributed by atoms with E-state index < -0.39 is 23.0 Å². The number of benzene rings is 1. The predicted octanol–water partition coefficient (Wildman–Crippen LogP) is 2.92. The van der Waals surface area contributed by atoms with Crippen LogP contribution in [0.1, 0.15) is 22.8 Å². The number of carbonyl (C=O) groups excluding carboxylic acids is 1. The SMILES string of the molecule is CCOC(=O)c1c(C#N)ccc(OC(F)(F)F)c1S. The summed E-state index contributed by atoms with van der Waals surface area (Å²) < 4.78 is 44.8. The standard InChI is InChI=1S/C11H8F3NO3S/c1-2-17-10(16)8-6(5-15)3-4-7(9(8)19)18-11(12,13)14/h3-4,19H,2H2,1H3. The first kappa shape index (κ1) is 15.2. The fourth-order valence-electron chi connectivity index (χ4n) is 1.28. The van der Waals surface area contributed by atoms with Crippen molar-refractivity contribution >= 4 is 18.6 Å². The third-order valence-corrected chi connectivity index (χ3v) is 2.41. The van der Waals surface area contributed by atoms with E-state index in [4.69, 9.17) is 5.26 Å². The number of hydrogen-bond acceptors (Lipinski definition) is 5. The average Bonchev–Trinajstić information content (AvgIpc) is 2.30. The van der Waals surface area contributed by atoms with Crippen LogP contribution >= 0.6 is 12.6 Å². The van der Waals surface area contributed by atoms with E-state index in [1.54, 1.807) is 6.07 Å². The molecule has 0 fully saturated rings. The van der Waals surface area contributed by atoms with Gasteiger partial charge in [-0.05, 0) is 19.1 Å². The van der Waals surface area contributed by atoms with Crippen molar-refractivity contribution in [2.24, 2.45) is 0 Å². The first-order valence-electron chi connectivity index (χ1n) is 4.99. The second kappa shape index (κ2) is 5.84. The number of esters is 1. The molecule has 1 aromatic carbocycles. The molecule has 0 spiro atoms. The van der Waals surface area contributed by atoms with Crippen LogP contribution in [0.4, 0.5) is 13.2 Å². The van der Waals surface area contributed by atoms with Crippen LogP contribution in [0.3, 0.4) is 0 Å². The molecule has 0 saturated carbocycles. The van der Waals surface area contributed by atoms with E-state index >= 15 is 0 Å². The number of hydrogen-bond donors (Lipinski definition) is 1. The van der Waals surface area contributed by atoms with Crippen molar-refractivity contribution in [1.29, 1.82) is 5.26 Å². The molecular formula is C11H8F3NO3S. The van der Waals surface area contributed by atoms with E-state index in [0.717, 1.165) is 12.1 Å². The summed E-state index contributed by atoms with van der Waals surface area (Å²) in [6.45, 7) is 1.54. The van der Waals surface area contributed by atoms with Crippen molar-refractivity contribution in [3.8, 4) is 11.8 Å². The molecule has 1 aromatic rings. The second-order valence-electron chi connectivity index (χ2n) is 3.21. The highest BCUT2D eigenvalue weighted by Crippen LogP contribution is 2.33. The van der Waals surface area contributed by atoms with E-state index in [0.29, 0.717) is 0 Å². The van der Waals surface area contributed by atoms with Gasteiger partial charge in [0.05, 0.1) is 22.6 Å². The first-order chi connectivity index (χ1) is 8.80. The van der Waals surface area contributed by atoms with Gasteiger partial charge in [0.15, 0.2) is 0 Å². The van der Waals surface area contributed by atoms with Crippen LogP contribution in [-0.2, 0) is 4.74 Å². The van der Waals surface area contributed by atoms with Gasteiger partial charge in [-0.3, -0.25) is 0 Å². The molecule has 102 valence electrons. The molecule has 0 saturated heterocycles. The number of thiol groups is 1. The topological polar surface area (TPSA) is 59.3 Å². The van der Waals surface area contributed by atoms with E-state index in [-0.39, 0.29) is 17.7 Å². The fraction of sp³-hybridized carbons (Fsp3) is 0.273. The van der Waals surface area contributed by atoms with E-state index in [9.17, 15) is 18.0 Å². The molecule has 4 nitrogen and oxygen atoms in total. The van der Waals surface area contributed by atoms with Gasteiger partial charge in [0.25, 0.3) is 0 Å².